The first-order chi connectivity index (χ1) is 12.4. The number of aromatic nitrogens is 2. The number of nitrogens with zero attached hydrogens (tertiary/aromatic N) is 2. The highest BCUT2D eigenvalue weighted by molar-refractivity contribution is 7.91. The highest BCUT2D eigenvalue weighted by Gasteiger charge is 2.18. The quantitative estimate of drug-likeness (QED) is 0.692. The van der Waals surface area contributed by atoms with Crippen LogP contribution in [0.2, 0.25) is 5.02 Å². The van der Waals surface area contributed by atoms with E-state index < -0.39 is 15.7 Å². The molecule has 3 aromatic rings. The zero-order valence-corrected chi connectivity index (χ0v) is 15.0. The largest absolute Gasteiger partial charge is 0.403 e. The lowest BCUT2D eigenvalue weighted by atomic mass is 10.2. The van der Waals surface area contributed by atoms with Crippen molar-refractivity contribution in [2.24, 2.45) is 0 Å². The molecule has 26 heavy (non-hydrogen) atoms. The van der Waals surface area contributed by atoms with Gasteiger partial charge in [0.25, 0.3) is 0 Å². The minimum absolute atomic E-state index is 0.0854. The monoisotopic (exact) mass is 391 g/mol. The van der Waals surface area contributed by atoms with Crippen molar-refractivity contribution in [1.82, 2.24) is 10.2 Å². The fraction of sp³-hybridized carbons (Fsp3) is 0.118. The Morgan fingerprint density at radius 2 is 1.73 bits per heavy atom. The second-order valence-corrected chi connectivity index (χ2v) is 7.89. The maximum absolute atomic E-state index is 12.2. The van der Waals surface area contributed by atoms with Gasteiger partial charge in [0.15, 0.2) is 9.84 Å². The van der Waals surface area contributed by atoms with Crippen LogP contribution in [-0.2, 0) is 14.6 Å². The molecule has 1 aromatic heterocycles. The van der Waals surface area contributed by atoms with Crippen molar-refractivity contribution in [1.29, 1.82) is 0 Å². The molecular formula is C17H14ClN3O4S. The Bertz CT molecular complexity index is 1000. The van der Waals surface area contributed by atoms with Crippen LogP contribution >= 0.6 is 11.6 Å². The molecule has 0 aliphatic rings. The summed E-state index contributed by atoms with van der Waals surface area (Å²) >= 11 is 5.74. The van der Waals surface area contributed by atoms with Crippen molar-refractivity contribution in [2.75, 3.05) is 11.1 Å². The second-order valence-electron chi connectivity index (χ2n) is 5.35. The average molecular weight is 392 g/mol. The van der Waals surface area contributed by atoms with Crippen LogP contribution in [0.3, 0.4) is 0 Å². The van der Waals surface area contributed by atoms with E-state index in [1.807, 2.05) is 18.2 Å². The number of carbonyl (C=O) groups is 1. The van der Waals surface area contributed by atoms with Gasteiger partial charge in [-0.2, -0.15) is 0 Å². The fourth-order valence-corrected chi connectivity index (χ4v) is 3.51. The van der Waals surface area contributed by atoms with Gasteiger partial charge in [0.2, 0.25) is 11.8 Å². The van der Waals surface area contributed by atoms with Gasteiger partial charge in [-0.25, -0.2) is 8.42 Å². The first-order valence-corrected chi connectivity index (χ1v) is 9.64. The number of hydrogen-bond donors (Lipinski definition) is 1. The normalized spacial score (nSPS) is 11.3. The molecule has 1 heterocycles. The summed E-state index contributed by atoms with van der Waals surface area (Å²) in [6, 6.07) is 14.8. The van der Waals surface area contributed by atoms with E-state index in [2.05, 4.69) is 15.5 Å². The van der Waals surface area contributed by atoms with Crippen LogP contribution in [0.4, 0.5) is 6.01 Å². The molecule has 2 aromatic carbocycles. The van der Waals surface area contributed by atoms with Crippen LogP contribution in [0.15, 0.2) is 63.9 Å². The topological polar surface area (TPSA) is 102 Å². The lowest BCUT2D eigenvalue weighted by molar-refractivity contribution is -0.115. The third-order valence-electron chi connectivity index (χ3n) is 3.46. The van der Waals surface area contributed by atoms with E-state index in [1.54, 1.807) is 12.1 Å². The van der Waals surface area contributed by atoms with E-state index in [0.717, 1.165) is 0 Å². The third-order valence-corrected chi connectivity index (χ3v) is 5.45. The summed E-state index contributed by atoms with van der Waals surface area (Å²) in [4.78, 5) is 12.1. The molecule has 0 unspecified atom stereocenters. The van der Waals surface area contributed by atoms with Gasteiger partial charge in [-0.15, -0.1) is 5.10 Å². The number of rotatable bonds is 6. The third kappa shape index (κ3) is 4.47. The molecule has 0 aliphatic carbocycles. The molecule has 0 radical (unpaired) electrons. The van der Waals surface area contributed by atoms with E-state index in [4.69, 9.17) is 16.0 Å². The Kier molecular flexibility index (Phi) is 5.34. The van der Waals surface area contributed by atoms with Gasteiger partial charge in [-0.3, -0.25) is 10.1 Å². The van der Waals surface area contributed by atoms with E-state index in [0.29, 0.717) is 10.6 Å². The number of sulfone groups is 1. The molecular weight excluding hydrogens is 378 g/mol. The second kappa shape index (κ2) is 7.67. The number of hydrogen-bond acceptors (Lipinski definition) is 6. The molecule has 0 atom stereocenters. The molecule has 0 spiro atoms. The van der Waals surface area contributed by atoms with Gasteiger partial charge in [0.1, 0.15) is 0 Å². The summed E-state index contributed by atoms with van der Waals surface area (Å²) < 4.78 is 29.8. The van der Waals surface area contributed by atoms with Crippen LogP contribution in [0, 0.1) is 0 Å². The highest BCUT2D eigenvalue weighted by atomic mass is 35.5. The summed E-state index contributed by atoms with van der Waals surface area (Å²) in [6.07, 6.45) is -0.242. The Morgan fingerprint density at radius 1 is 1.04 bits per heavy atom. The van der Waals surface area contributed by atoms with Gasteiger partial charge in [0, 0.05) is 17.0 Å². The maximum atomic E-state index is 12.2. The molecule has 9 heteroatoms. The van der Waals surface area contributed by atoms with Crippen LogP contribution in [0.25, 0.3) is 11.5 Å². The van der Waals surface area contributed by atoms with Crippen molar-refractivity contribution >= 4 is 33.4 Å². The zero-order chi connectivity index (χ0) is 18.6. The fourth-order valence-electron chi connectivity index (χ4n) is 2.14. The van der Waals surface area contributed by atoms with Crippen LogP contribution < -0.4 is 5.32 Å². The summed E-state index contributed by atoms with van der Waals surface area (Å²) in [5.41, 5.74) is 0.714. The predicted molar refractivity (Wildman–Crippen MR) is 96.5 cm³/mol. The van der Waals surface area contributed by atoms with Gasteiger partial charge in [-0.1, -0.05) is 34.9 Å². The molecule has 0 bridgehead atoms. The Hall–Kier alpha value is -2.71. The van der Waals surface area contributed by atoms with Crippen LogP contribution in [-0.4, -0.2) is 30.3 Å². The number of nitrogens with one attached hydrogen (secondary N) is 1. The van der Waals surface area contributed by atoms with Crippen LogP contribution in [0.1, 0.15) is 6.42 Å². The van der Waals surface area contributed by atoms with Gasteiger partial charge >= 0.3 is 6.01 Å². The Morgan fingerprint density at radius 3 is 2.42 bits per heavy atom. The molecule has 0 saturated carbocycles. The molecule has 0 saturated heterocycles. The van der Waals surface area contributed by atoms with E-state index in [-0.39, 0.29) is 29.0 Å². The zero-order valence-electron chi connectivity index (χ0n) is 13.4. The van der Waals surface area contributed by atoms with Crippen molar-refractivity contribution in [3.8, 4) is 11.5 Å². The standard InChI is InChI=1S/C17H14ClN3O4S/c18-13-6-8-14(9-7-13)26(23,24)11-10-15(22)19-17-21-20-16(25-17)12-4-2-1-3-5-12/h1-9H,10-11H2,(H,19,21,22). The number of amides is 1. The molecule has 134 valence electrons. The van der Waals surface area contributed by atoms with E-state index in [9.17, 15) is 13.2 Å². The average Bonchev–Trinajstić information content (AvgIpc) is 3.10. The summed E-state index contributed by atoms with van der Waals surface area (Å²) in [5, 5.41) is 10.4. The number of carbonyl (C=O) groups excluding carboxylic acids is 1. The Labute approximate surface area is 154 Å². The molecule has 1 amide bonds. The molecule has 7 nitrogen and oxygen atoms in total. The smallest absolute Gasteiger partial charge is 0.322 e. The van der Waals surface area contributed by atoms with Crippen molar-refractivity contribution < 1.29 is 17.6 Å². The Balaban J connectivity index is 1.59. The molecule has 0 fully saturated rings. The van der Waals surface area contributed by atoms with Crippen molar-refractivity contribution in [3.05, 3.63) is 59.6 Å². The van der Waals surface area contributed by atoms with Crippen molar-refractivity contribution in [2.45, 2.75) is 11.3 Å². The van der Waals surface area contributed by atoms with Gasteiger partial charge < -0.3 is 4.42 Å². The lowest BCUT2D eigenvalue weighted by Gasteiger charge is -2.04. The minimum atomic E-state index is -3.59. The summed E-state index contributed by atoms with van der Waals surface area (Å²) in [7, 11) is -3.59. The van der Waals surface area contributed by atoms with E-state index in [1.165, 1.54) is 24.3 Å². The number of benzene rings is 2. The van der Waals surface area contributed by atoms with E-state index >= 15 is 0 Å². The van der Waals surface area contributed by atoms with Gasteiger partial charge in [-0.05, 0) is 36.4 Å². The SMILES string of the molecule is O=C(CCS(=O)(=O)c1ccc(Cl)cc1)Nc1nnc(-c2ccccc2)o1. The number of anilines is 1. The molecule has 1 N–H and O–H groups in total. The summed E-state index contributed by atoms with van der Waals surface area (Å²) in [5.74, 6) is -0.624. The minimum Gasteiger partial charge on any atom is -0.403 e. The maximum Gasteiger partial charge on any atom is 0.322 e. The predicted octanol–water partition coefficient (Wildman–Crippen LogP) is 3.19. The van der Waals surface area contributed by atoms with Gasteiger partial charge in [0.05, 0.1) is 10.6 Å². The lowest BCUT2D eigenvalue weighted by Crippen LogP contribution is -2.17. The molecule has 0 aliphatic heterocycles. The summed E-state index contributed by atoms with van der Waals surface area (Å²) in [6.45, 7) is 0. The number of halogens is 1. The first-order valence-electron chi connectivity index (χ1n) is 7.61. The van der Waals surface area contributed by atoms with Crippen molar-refractivity contribution in [3.63, 3.8) is 0 Å². The molecule has 3 rings (SSSR count). The van der Waals surface area contributed by atoms with Crippen LogP contribution in [0.5, 0.6) is 0 Å². The highest BCUT2D eigenvalue weighted by Crippen LogP contribution is 2.19. The first kappa shape index (κ1) is 18.1.